The highest BCUT2D eigenvalue weighted by atomic mass is 33.1. The third-order valence-electron chi connectivity index (χ3n) is 6.76. The van der Waals surface area contributed by atoms with Crippen LogP contribution in [0.3, 0.4) is 0 Å². The quantitative estimate of drug-likeness (QED) is 0.436. The van der Waals surface area contributed by atoms with Gasteiger partial charge in [0.05, 0.1) is 37.1 Å². The molecule has 6 atom stereocenters. The number of hydrogen-bond acceptors (Lipinski definition) is 8. The van der Waals surface area contributed by atoms with E-state index in [0.717, 1.165) is 11.1 Å². The van der Waals surface area contributed by atoms with Crippen molar-refractivity contribution in [3.63, 3.8) is 0 Å². The van der Waals surface area contributed by atoms with Gasteiger partial charge in [0.25, 0.3) is 11.8 Å². The zero-order chi connectivity index (χ0) is 21.5. The summed E-state index contributed by atoms with van der Waals surface area (Å²) >= 11 is 0. The summed E-state index contributed by atoms with van der Waals surface area (Å²) in [6.07, 6.45) is 9.93. The Kier molecular flexibility index (Phi) is 3.97. The molecule has 2 bridgehead atoms. The van der Waals surface area contributed by atoms with Crippen LogP contribution in [0.25, 0.3) is 0 Å². The van der Waals surface area contributed by atoms with Crippen LogP contribution in [-0.4, -0.2) is 55.5 Å². The number of hydrogen-bond donors (Lipinski definition) is 0. The Labute approximate surface area is 186 Å². The summed E-state index contributed by atoms with van der Waals surface area (Å²) in [5.41, 5.74) is 1.72. The second-order valence-electron chi connectivity index (χ2n) is 8.58. The predicted molar refractivity (Wildman–Crippen MR) is 112 cm³/mol. The molecule has 0 aromatic heterocycles. The Hall–Kier alpha value is -2.33. The molecule has 2 amide bonds. The van der Waals surface area contributed by atoms with Gasteiger partial charge in [-0.05, 0) is 23.3 Å². The van der Waals surface area contributed by atoms with E-state index in [1.54, 1.807) is 34.7 Å². The van der Waals surface area contributed by atoms with Crippen molar-refractivity contribution in [3.8, 4) is 0 Å². The van der Waals surface area contributed by atoms with Gasteiger partial charge in [-0.15, -0.1) is 0 Å². The minimum atomic E-state index is -1.08. The van der Waals surface area contributed by atoms with Gasteiger partial charge in [0.15, 0.2) is 9.74 Å². The van der Waals surface area contributed by atoms with Gasteiger partial charge in [-0.25, -0.2) is 0 Å². The van der Waals surface area contributed by atoms with E-state index in [2.05, 4.69) is 0 Å². The lowest BCUT2D eigenvalue weighted by atomic mass is 9.95. The molecule has 31 heavy (non-hydrogen) atoms. The van der Waals surface area contributed by atoms with Crippen LogP contribution < -0.4 is 0 Å². The SMILES string of the molecule is CC(=O)O[C@H]1C=COC=C2C[C@@]34SS[C@]5(CC6=COC=C[C@H](C)C6N5C3=O)C(=O)N4C21. The number of piperazine rings is 1. The lowest BCUT2D eigenvalue weighted by Gasteiger charge is -2.58. The average molecular weight is 461 g/mol. The molecule has 5 fully saturated rings. The molecule has 0 aromatic rings. The fourth-order valence-corrected chi connectivity index (χ4v) is 9.29. The molecule has 0 aromatic carbocycles. The fraction of sp³-hybridized carbons (Fsp3) is 0.476. The van der Waals surface area contributed by atoms with Gasteiger partial charge in [0, 0.05) is 25.7 Å². The maximum absolute atomic E-state index is 14.1. The molecule has 0 aliphatic carbocycles. The van der Waals surface area contributed by atoms with E-state index in [4.69, 9.17) is 14.2 Å². The van der Waals surface area contributed by atoms with Gasteiger partial charge in [-0.1, -0.05) is 28.5 Å². The van der Waals surface area contributed by atoms with E-state index in [1.807, 2.05) is 13.0 Å². The summed E-state index contributed by atoms with van der Waals surface area (Å²) in [5, 5.41) is 0. The van der Waals surface area contributed by atoms with E-state index in [0.29, 0.717) is 12.8 Å². The van der Waals surface area contributed by atoms with Crippen LogP contribution in [0.4, 0.5) is 0 Å². The van der Waals surface area contributed by atoms with E-state index in [9.17, 15) is 14.4 Å². The van der Waals surface area contributed by atoms with Gasteiger partial charge >= 0.3 is 5.97 Å². The molecule has 7 heterocycles. The van der Waals surface area contributed by atoms with Crippen molar-refractivity contribution in [1.29, 1.82) is 0 Å². The van der Waals surface area contributed by atoms with E-state index in [1.165, 1.54) is 34.8 Å². The number of nitrogens with zero attached hydrogens (tertiary/aromatic N) is 2. The molecular formula is C21H20N2O6S2. The predicted octanol–water partition coefficient (Wildman–Crippen LogP) is 2.41. The highest BCUT2D eigenvalue weighted by Gasteiger charge is 2.77. The molecule has 7 rings (SSSR count). The summed E-state index contributed by atoms with van der Waals surface area (Å²) in [7, 11) is 2.91. The van der Waals surface area contributed by atoms with Gasteiger partial charge in [-0.2, -0.15) is 0 Å². The molecule has 0 radical (unpaired) electrons. The fourth-order valence-electron chi connectivity index (χ4n) is 5.58. The van der Waals surface area contributed by atoms with Crippen molar-refractivity contribution in [2.24, 2.45) is 5.92 Å². The molecule has 0 N–H and O–H groups in total. The van der Waals surface area contributed by atoms with Crippen LogP contribution in [0.15, 0.2) is 48.3 Å². The third-order valence-corrected chi connectivity index (χ3v) is 10.3. The second kappa shape index (κ2) is 6.35. The van der Waals surface area contributed by atoms with Crippen LogP contribution in [-0.2, 0) is 28.6 Å². The molecule has 7 aliphatic heterocycles. The van der Waals surface area contributed by atoms with Crippen LogP contribution in [0.1, 0.15) is 26.7 Å². The largest absolute Gasteiger partial charge is 0.473 e. The van der Waals surface area contributed by atoms with Crippen LogP contribution in [0.2, 0.25) is 0 Å². The topological polar surface area (TPSA) is 85.4 Å². The normalized spacial score (nSPS) is 41.7. The molecule has 2 unspecified atom stereocenters. The molecule has 0 saturated carbocycles. The zero-order valence-corrected chi connectivity index (χ0v) is 18.5. The highest BCUT2D eigenvalue weighted by Crippen LogP contribution is 2.69. The van der Waals surface area contributed by atoms with Crippen molar-refractivity contribution in [3.05, 3.63) is 48.3 Å². The number of carbonyl (C=O) groups is 3. The number of ether oxygens (including phenoxy) is 3. The van der Waals surface area contributed by atoms with Gasteiger partial charge in [-0.3, -0.25) is 14.4 Å². The monoisotopic (exact) mass is 460 g/mol. The van der Waals surface area contributed by atoms with Crippen molar-refractivity contribution < 1.29 is 28.6 Å². The number of carbonyl (C=O) groups excluding carboxylic acids is 3. The Morgan fingerprint density at radius 2 is 1.55 bits per heavy atom. The number of fused-ring (bicyclic) bond motifs is 3. The lowest BCUT2D eigenvalue weighted by Crippen LogP contribution is -2.76. The van der Waals surface area contributed by atoms with Crippen molar-refractivity contribution in [2.45, 2.75) is 54.6 Å². The van der Waals surface area contributed by atoms with Gasteiger partial charge in [0.1, 0.15) is 6.10 Å². The summed E-state index contributed by atoms with van der Waals surface area (Å²) in [6.45, 7) is 3.37. The molecule has 5 saturated heterocycles. The highest BCUT2D eigenvalue weighted by molar-refractivity contribution is 8.78. The van der Waals surface area contributed by atoms with Crippen molar-refractivity contribution in [2.75, 3.05) is 0 Å². The molecular weight excluding hydrogens is 440 g/mol. The molecule has 8 nitrogen and oxygen atoms in total. The number of amides is 2. The molecule has 10 heteroatoms. The first-order valence-electron chi connectivity index (χ1n) is 10.1. The van der Waals surface area contributed by atoms with E-state index >= 15 is 0 Å². The van der Waals surface area contributed by atoms with Gasteiger partial charge in [0.2, 0.25) is 0 Å². The van der Waals surface area contributed by atoms with Crippen LogP contribution in [0.5, 0.6) is 0 Å². The van der Waals surface area contributed by atoms with Crippen LogP contribution in [0, 0.1) is 5.92 Å². The summed E-state index contributed by atoms with van der Waals surface area (Å²) < 4.78 is 16.5. The Morgan fingerprint density at radius 3 is 2.16 bits per heavy atom. The van der Waals surface area contributed by atoms with Crippen molar-refractivity contribution in [1.82, 2.24) is 9.80 Å². The Bertz CT molecular complexity index is 1040. The first kappa shape index (κ1) is 19.4. The maximum atomic E-state index is 14.1. The molecule has 2 spiro atoms. The Morgan fingerprint density at radius 1 is 1.00 bits per heavy atom. The minimum Gasteiger partial charge on any atom is -0.473 e. The summed E-state index contributed by atoms with van der Waals surface area (Å²) in [4.78, 5) is 41.3. The smallest absolute Gasteiger partial charge is 0.303 e. The number of rotatable bonds is 1. The first-order valence-corrected chi connectivity index (χ1v) is 12.3. The third kappa shape index (κ3) is 2.32. The first-order chi connectivity index (χ1) is 14.9. The van der Waals surface area contributed by atoms with Crippen LogP contribution >= 0.6 is 21.6 Å². The van der Waals surface area contributed by atoms with E-state index in [-0.39, 0.29) is 23.8 Å². The molecule has 7 aliphatic rings. The summed E-state index contributed by atoms with van der Waals surface area (Å²) in [5.74, 6) is -0.635. The minimum absolute atomic E-state index is 0.0193. The number of esters is 1. The molecule has 162 valence electrons. The Balaban J connectivity index is 1.49. The van der Waals surface area contributed by atoms with E-state index < -0.39 is 27.9 Å². The maximum Gasteiger partial charge on any atom is 0.303 e. The second-order valence-corrected chi connectivity index (χ2v) is 11.3. The lowest BCUT2D eigenvalue weighted by molar-refractivity contribution is -0.169. The zero-order valence-electron chi connectivity index (χ0n) is 16.8. The standard InChI is InChI=1S/C21H20N2O6S2/c1-11-3-5-27-9-13-7-20-19(26)23-17-14(10-28-6-4-15(17)29-12(2)24)8-21(23,31-30-20)18(25)22(20)16(11)13/h3-6,9-11,15-17H,7-8H2,1-2H3/t11-,15-,16?,17?,20+,21+/m0/s1. The van der Waals surface area contributed by atoms with Gasteiger partial charge < -0.3 is 24.0 Å². The van der Waals surface area contributed by atoms with Crippen molar-refractivity contribution >= 4 is 39.4 Å². The average Bonchev–Trinajstić information content (AvgIpc) is 3.11. The summed E-state index contributed by atoms with van der Waals surface area (Å²) in [6, 6.07) is -0.790.